The van der Waals surface area contributed by atoms with Gasteiger partial charge in [0.1, 0.15) is 12.6 Å². The minimum absolute atomic E-state index is 0.0295. The van der Waals surface area contributed by atoms with E-state index >= 15 is 0 Å². The van der Waals surface area contributed by atoms with Gasteiger partial charge < -0.3 is 9.47 Å². The van der Waals surface area contributed by atoms with Crippen LogP contribution < -0.4 is 5.56 Å². The van der Waals surface area contributed by atoms with Crippen molar-refractivity contribution in [2.45, 2.75) is 46.1 Å². The van der Waals surface area contributed by atoms with Crippen molar-refractivity contribution in [3.05, 3.63) is 94.0 Å². The number of fused-ring (bicyclic) bond motifs is 1. The maximum Gasteiger partial charge on any atom is 0.262 e. The summed E-state index contributed by atoms with van der Waals surface area (Å²) >= 11 is 0. The first-order chi connectivity index (χ1) is 19.1. The lowest BCUT2D eigenvalue weighted by Gasteiger charge is -2.16. The van der Waals surface area contributed by atoms with E-state index in [2.05, 4.69) is 46.7 Å². The number of hydrogen-bond acceptors (Lipinski definition) is 7. The van der Waals surface area contributed by atoms with Crippen LogP contribution >= 0.6 is 0 Å². The van der Waals surface area contributed by atoms with Gasteiger partial charge >= 0.3 is 0 Å². The summed E-state index contributed by atoms with van der Waals surface area (Å²) in [6.45, 7) is 3.21. The smallest absolute Gasteiger partial charge is 0.262 e. The highest BCUT2D eigenvalue weighted by atomic mass is 16.5. The molecule has 5 aromatic rings. The molecule has 0 aliphatic rings. The molecular weight excluding hydrogens is 492 g/mol. The number of ether oxygens (including phenoxy) is 2. The van der Waals surface area contributed by atoms with Gasteiger partial charge in [0.05, 0.1) is 24.1 Å². The van der Waals surface area contributed by atoms with Gasteiger partial charge in [-0.15, -0.1) is 5.10 Å². The molecule has 0 aliphatic heterocycles. The molecule has 0 spiro atoms. The standard InChI is InChI=1S/C30H32N6O3/c1-4-5-13-27-31-26-12-8-9-23(19-38-2)28(26)30(37)35(27)18-21-14-16-22(17-15-21)24-10-6-7-11-25(24)29-32-33-34-36(29)20-39-3/h6-12,14-17H,4-5,13,18-20H2,1-3H3. The molecule has 0 saturated carbocycles. The SMILES string of the molecule is CCCCc1nc2cccc(COC)c2c(=O)n1Cc1ccc(-c2ccccc2-c2nnnn2COC)cc1. The van der Waals surface area contributed by atoms with E-state index in [1.807, 2.05) is 47.0 Å². The highest BCUT2D eigenvalue weighted by Gasteiger charge is 2.16. The molecule has 2 aromatic heterocycles. The Morgan fingerprint density at radius 1 is 0.897 bits per heavy atom. The largest absolute Gasteiger partial charge is 0.380 e. The van der Waals surface area contributed by atoms with E-state index in [-0.39, 0.29) is 12.3 Å². The summed E-state index contributed by atoms with van der Waals surface area (Å²) in [5.41, 5.74) is 5.51. The molecule has 0 unspecified atom stereocenters. The molecule has 0 saturated heterocycles. The zero-order chi connectivity index (χ0) is 27.2. The predicted molar refractivity (Wildman–Crippen MR) is 150 cm³/mol. The molecule has 0 bridgehead atoms. The van der Waals surface area contributed by atoms with E-state index < -0.39 is 0 Å². The summed E-state index contributed by atoms with van der Waals surface area (Å²) in [7, 11) is 3.25. The second-order valence-corrected chi connectivity index (χ2v) is 9.43. The van der Waals surface area contributed by atoms with Gasteiger partial charge in [0.15, 0.2) is 5.82 Å². The van der Waals surface area contributed by atoms with Gasteiger partial charge in [-0.1, -0.05) is 74.0 Å². The lowest BCUT2D eigenvalue weighted by molar-refractivity contribution is 0.120. The maximum atomic E-state index is 13.8. The summed E-state index contributed by atoms with van der Waals surface area (Å²) in [5.74, 6) is 1.45. The van der Waals surface area contributed by atoms with Gasteiger partial charge in [-0.3, -0.25) is 9.36 Å². The van der Waals surface area contributed by atoms with E-state index in [4.69, 9.17) is 14.5 Å². The Hall–Kier alpha value is -4.21. The maximum absolute atomic E-state index is 13.8. The molecule has 9 nitrogen and oxygen atoms in total. The fourth-order valence-corrected chi connectivity index (χ4v) is 4.85. The van der Waals surface area contributed by atoms with Gasteiger partial charge in [-0.2, -0.15) is 4.68 Å². The van der Waals surface area contributed by atoms with Crippen LogP contribution in [0.15, 0.2) is 71.5 Å². The lowest BCUT2D eigenvalue weighted by Crippen LogP contribution is -2.27. The average Bonchev–Trinajstić information content (AvgIpc) is 3.42. The first-order valence-corrected chi connectivity index (χ1v) is 13.1. The van der Waals surface area contributed by atoms with E-state index in [9.17, 15) is 4.79 Å². The van der Waals surface area contributed by atoms with Gasteiger partial charge in [-0.25, -0.2) is 4.98 Å². The topological polar surface area (TPSA) is 97.0 Å². The first-order valence-electron chi connectivity index (χ1n) is 13.1. The van der Waals surface area contributed by atoms with Crippen molar-refractivity contribution in [1.29, 1.82) is 0 Å². The Morgan fingerprint density at radius 2 is 1.69 bits per heavy atom. The molecule has 0 atom stereocenters. The number of aromatic nitrogens is 6. The molecule has 0 aliphatic carbocycles. The number of aryl methyl sites for hydroxylation is 1. The average molecular weight is 525 g/mol. The molecule has 9 heteroatoms. The van der Waals surface area contributed by atoms with E-state index in [0.717, 1.165) is 58.4 Å². The molecule has 0 fully saturated rings. The second kappa shape index (κ2) is 12.1. The zero-order valence-electron chi connectivity index (χ0n) is 22.5. The van der Waals surface area contributed by atoms with Crippen molar-refractivity contribution in [2.24, 2.45) is 0 Å². The lowest BCUT2D eigenvalue weighted by atomic mass is 9.98. The molecule has 0 radical (unpaired) electrons. The van der Waals surface area contributed by atoms with Crippen LogP contribution in [0.3, 0.4) is 0 Å². The van der Waals surface area contributed by atoms with Gasteiger partial charge in [-0.05, 0) is 45.2 Å². The molecular formula is C30H32N6O3. The van der Waals surface area contributed by atoms with Gasteiger partial charge in [0, 0.05) is 26.2 Å². The van der Waals surface area contributed by atoms with Crippen LogP contribution in [0.1, 0.15) is 36.7 Å². The van der Waals surface area contributed by atoms with Crippen LogP contribution in [0.5, 0.6) is 0 Å². The van der Waals surface area contributed by atoms with Crippen LogP contribution in [0.2, 0.25) is 0 Å². The molecule has 0 amide bonds. The molecule has 3 aromatic carbocycles. The molecule has 39 heavy (non-hydrogen) atoms. The summed E-state index contributed by atoms with van der Waals surface area (Å²) in [5, 5.41) is 12.7. The minimum atomic E-state index is -0.0295. The van der Waals surface area contributed by atoms with Crippen molar-refractivity contribution in [1.82, 2.24) is 29.8 Å². The van der Waals surface area contributed by atoms with Crippen molar-refractivity contribution in [3.8, 4) is 22.5 Å². The molecule has 5 rings (SSSR count). The van der Waals surface area contributed by atoms with Gasteiger partial charge in [0.25, 0.3) is 5.56 Å². The highest BCUT2D eigenvalue weighted by Crippen LogP contribution is 2.31. The van der Waals surface area contributed by atoms with E-state index in [0.29, 0.717) is 24.4 Å². The number of methoxy groups -OCH3 is 2. The van der Waals surface area contributed by atoms with Crippen LogP contribution in [0.4, 0.5) is 0 Å². The third-order valence-corrected chi connectivity index (χ3v) is 6.76. The highest BCUT2D eigenvalue weighted by molar-refractivity contribution is 5.82. The number of rotatable bonds is 11. The third kappa shape index (κ3) is 5.50. The van der Waals surface area contributed by atoms with Crippen molar-refractivity contribution in [3.63, 3.8) is 0 Å². The minimum Gasteiger partial charge on any atom is -0.380 e. The van der Waals surface area contributed by atoms with Crippen LogP contribution in [0.25, 0.3) is 33.4 Å². The Kier molecular flexibility index (Phi) is 8.19. The quantitative estimate of drug-likeness (QED) is 0.243. The molecule has 2 heterocycles. The Labute approximate surface area is 227 Å². The van der Waals surface area contributed by atoms with Crippen molar-refractivity contribution >= 4 is 10.9 Å². The number of nitrogens with zero attached hydrogens (tertiary/aromatic N) is 6. The zero-order valence-corrected chi connectivity index (χ0v) is 22.5. The van der Waals surface area contributed by atoms with E-state index in [1.165, 1.54) is 0 Å². The number of benzene rings is 3. The third-order valence-electron chi connectivity index (χ3n) is 6.76. The van der Waals surface area contributed by atoms with Crippen molar-refractivity contribution in [2.75, 3.05) is 14.2 Å². The molecule has 200 valence electrons. The monoisotopic (exact) mass is 524 g/mol. The van der Waals surface area contributed by atoms with E-state index in [1.54, 1.807) is 18.9 Å². The molecule has 0 N–H and O–H groups in total. The van der Waals surface area contributed by atoms with Crippen LogP contribution in [-0.4, -0.2) is 44.0 Å². The number of tetrazole rings is 1. The second-order valence-electron chi connectivity index (χ2n) is 9.43. The predicted octanol–water partition coefficient (Wildman–Crippen LogP) is 4.86. The van der Waals surface area contributed by atoms with Crippen molar-refractivity contribution < 1.29 is 9.47 Å². The number of hydrogen-bond donors (Lipinski definition) is 0. The Bertz CT molecular complexity index is 1620. The fourth-order valence-electron chi connectivity index (χ4n) is 4.85. The number of unbranched alkanes of at least 4 members (excludes halogenated alkanes) is 1. The normalized spacial score (nSPS) is 11.4. The summed E-state index contributed by atoms with van der Waals surface area (Å²) in [6.07, 6.45) is 2.74. The first kappa shape index (κ1) is 26.4. The van der Waals surface area contributed by atoms with Crippen LogP contribution in [0, 0.1) is 0 Å². The van der Waals surface area contributed by atoms with Gasteiger partial charge in [0.2, 0.25) is 0 Å². The Morgan fingerprint density at radius 3 is 2.44 bits per heavy atom. The summed E-state index contributed by atoms with van der Waals surface area (Å²) in [6, 6.07) is 22.0. The van der Waals surface area contributed by atoms with Crippen LogP contribution in [-0.2, 0) is 35.8 Å². The summed E-state index contributed by atoms with van der Waals surface area (Å²) in [4.78, 5) is 18.7. The fraction of sp³-hybridized carbons (Fsp3) is 0.300. The summed E-state index contributed by atoms with van der Waals surface area (Å²) < 4.78 is 14.0. The Balaban J connectivity index is 1.51.